The number of hydrogen-bond acceptors (Lipinski definition) is 6. The van der Waals surface area contributed by atoms with Crippen LogP contribution in [0.15, 0.2) is 83.5 Å². The van der Waals surface area contributed by atoms with Crippen LogP contribution in [0.5, 0.6) is 0 Å². The zero-order valence-corrected chi connectivity index (χ0v) is 18.9. The summed E-state index contributed by atoms with van der Waals surface area (Å²) < 4.78 is 5.58. The molecule has 0 unspecified atom stereocenters. The van der Waals surface area contributed by atoms with Gasteiger partial charge in [-0.25, -0.2) is 4.98 Å². The van der Waals surface area contributed by atoms with E-state index in [1.165, 1.54) is 5.56 Å². The molecular weight excluding hydrogens is 426 g/mol. The second-order valence-electron chi connectivity index (χ2n) is 8.45. The number of carbonyl (C=O) groups excluding carboxylic acids is 1. The Hall–Kier alpha value is -4.00. The number of nitrogens with one attached hydrogen (secondary N) is 1. The van der Waals surface area contributed by atoms with Crippen molar-refractivity contribution in [3.63, 3.8) is 0 Å². The molecule has 0 radical (unpaired) electrons. The molecule has 5 rings (SSSR count). The van der Waals surface area contributed by atoms with Gasteiger partial charge in [0.2, 0.25) is 11.7 Å². The van der Waals surface area contributed by atoms with Crippen LogP contribution in [0, 0.1) is 5.92 Å². The van der Waals surface area contributed by atoms with Crippen LogP contribution >= 0.6 is 0 Å². The van der Waals surface area contributed by atoms with Gasteiger partial charge in [-0.15, -0.1) is 0 Å². The van der Waals surface area contributed by atoms with Crippen molar-refractivity contribution < 1.29 is 9.32 Å². The molecule has 0 spiro atoms. The first-order valence-corrected chi connectivity index (χ1v) is 11.7. The molecule has 0 atom stereocenters. The number of piperidine rings is 1. The van der Waals surface area contributed by atoms with Crippen LogP contribution in [0.2, 0.25) is 0 Å². The molecule has 1 aliphatic heterocycles. The molecule has 1 N–H and O–H groups in total. The fraction of sp³-hybridized carbons (Fsp3) is 0.259. The maximum Gasteiger partial charge on any atom is 0.261 e. The standard InChI is InChI=1S/C27H27N5O2/c33-26(29-17-13-20-8-3-1-4-9-20)22-14-18-32(19-15-22)25-23(12-7-16-28-25)27-30-24(31-34-27)21-10-5-2-6-11-21/h1-12,16,22H,13-15,17-19H2,(H,29,33). The number of carbonyl (C=O) groups is 1. The van der Waals surface area contributed by atoms with E-state index >= 15 is 0 Å². The third-order valence-electron chi connectivity index (χ3n) is 6.20. The Balaban J connectivity index is 1.20. The van der Waals surface area contributed by atoms with Crippen LogP contribution in [-0.2, 0) is 11.2 Å². The second kappa shape index (κ2) is 10.3. The number of nitrogens with zero attached hydrogens (tertiary/aromatic N) is 4. The summed E-state index contributed by atoms with van der Waals surface area (Å²) in [5.41, 5.74) is 2.95. The third-order valence-corrected chi connectivity index (χ3v) is 6.20. The zero-order valence-electron chi connectivity index (χ0n) is 18.9. The highest BCUT2D eigenvalue weighted by atomic mass is 16.5. The van der Waals surface area contributed by atoms with Gasteiger partial charge in [0.25, 0.3) is 5.89 Å². The first-order chi connectivity index (χ1) is 16.8. The van der Waals surface area contributed by atoms with Crippen LogP contribution in [0.25, 0.3) is 22.8 Å². The highest BCUT2D eigenvalue weighted by Gasteiger charge is 2.27. The summed E-state index contributed by atoms with van der Waals surface area (Å²) in [5.74, 6) is 1.97. The smallest absolute Gasteiger partial charge is 0.261 e. The monoisotopic (exact) mass is 453 g/mol. The second-order valence-corrected chi connectivity index (χ2v) is 8.45. The lowest BCUT2D eigenvalue weighted by molar-refractivity contribution is -0.125. The highest BCUT2D eigenvalue weighted by molar-refractivity contribution is 5.79. The Kier molecular flexibility index (Phi) is 6.61. The van der Waals surface area contributed by atoms with Crippen molar-refractivity contribution in [3.05, 3.63) is 84.6 Å². The van der Waals surface area contributed by atoms with Crippen molar-refractivity contribution in [2.24, 2.45) is 5.92 Å². The van der Waals surface area contributed by atoms with Crippen molar-refractivity contribution >= 4 is 11.7 Å². The Bertz CT molecular complexity index is 1220. The lowest BCUT2D eigenvalue weighted by Crippen LogP contribution is -2.41. The summed E-state index contributed by atoms with van der Waals surface area (Å²) in [6, 6.07) is 23.8. The molecule has 2 aromatic heterocycles. The van der Waals surface area contributed by atoms with Gasteiger partial charge in [0.15, 0.2) is 0 Å². The fourth-order valence-electron chi connectivity index (χ4n) is 4.33. The molecule has 172 valence electrons. The summed E-state index contributed by atoms with van der Waals surface area (Å²) in [6.07, 6.45) is 4.19. The fourth-order valence-corrected chi connectivity index (χ4v) is 4.33. The number of benzene rings is 2. The highest BCUT2D eigenvalue weighted by Crippen LogP contribution is 2.31. The molecule has 0 saturated carbocycles. The van der Waals surface area contributed by atoms with Crippen LogP contribution in [0.3, 0.4) is 0 Å². The average Bonchev–Trinajstić information content (AvgIpc) is 3.40. The van der Waals surface area contributed by atoms with Crippen molar-refractivity contribution in [3.8, 4) is 22.8 Å². The largest absolute Gasteiger partial charge is 0.356 e. The van der Waals surface area contributed by atoms with Gasteiger partial charge >= 0.3 is 0 Å². The molecule has 1 saturated heterocycles. The molecule has 34 heavy (non-hydrogen) atoms. The maximum atomic E-state index is 12.7. The number of amides is 1. The van der Waals surface area contributed by atoms with E-state index in [0.29, 0.717) is 18.3 Å². The average molecular weight is 454 g/mol. The molecule has 3 heterocycles. The van der Waals surface area contributed by atoms with Gasteiger partial charge in [-0.3, -0.25) is 4.79 Å². The van der Waals surface area contributed by atoms with Crippen LogP contribution in [0.4, 0.5) is 5.82 Å². The van der Waals surface area contributed by atoms with Gasteiger partial charge in [0.1, 0.15) is 5.82 Å². The Morgan fingerprint density at radius 1 is 0.971 bits per heavy atom. The van der Waals surface area contributed by atoms with Crippen molar-refractivity contribution in [2.45, 2.75) is 19.3 Å². The topological polar surface area (TPSA) is 84.2 Å². The molecular formula is C27H27N5O2. The van der Waals surface area contributed by atoms with E-state index in [9.17, 15) is 4.79 Å². The first kappa shape index (κ1) is 21.8. The maximum absolute atomic E-state index is 12.7. The first-order valence-electron chi connectivity index (χ1n) is 11.7. The van der Waals surface area contributed by atoms with E-state index < -0.39 is 0 Å². The lowest BCUT2D eigenvalue weighted by Gasteiger charge is -2.32. The van der Waals surface area contributed by atoms with E-state index in [1.54, 1.807) is 6.20 Å². The van der Waals surface area contributed by atoms with Gasteiger partial charge in [0.05, 0.1) is 5.56 Å². The van der Waals surface area contributed by atoms with E-state index in [0.717, 1.165) is 49.3 Å². The molecule has 1 fully saturated rings. The lowest BCUT2D eigenvalue weighted by atomic mass is 9.95. The van der Waals surface area contributed by atoms with E-state index in [-0.39, 0.29) is 11.8 Å². The van der Waals surface area contributed by atoms with Gasteiger partial charge in [0, 0.05) is 37.3 Å². The number of aromatic nitrogens is 3. The number of rotatable bonds is 7. The molecule has 7 heteroatoms. The van der Waals surface area contributed by atoms with Crippen molar-refractivity contribution in [1.82, 2.24) is 20.4 Å². The summed E-state index contributed by atoms with van der Waals surface area (Å²) >= 11 is 0. The van der Waals surface area contributed by atoms with Crippen LogP contribution < -0.4 is 10.2 Å². The summed E-state index contributed by atoms with van der Waals surface area (Å²) in [5, 5.41) is 7.25. The third kappa shape index (κ3) is 4.98. The van der Waals surface area contributed by atoms with Crippen LogP contribution in [0.1, 0.15) is 18.4 Å². The normalized spacial score (nSPS) is 14.2. The Labute approximate surface area is 198 Å². The molecule has 0 bridgehead atoms. The number of anilines is 1. The minimum atomic E-state index is 0.0206. The van der Waals surface area contributed by atoms with Gasteiger partial charge in [-0.2, -0.15) is 4.98 Å². The SMILES string of the molecule is O=C(NCCc1ccccc1)C1CCN(c2ncccc2-c2nc(-c3ccccc3)no2)CC1. The minimum Gasteiger partial charge on any atom is -0.356 e. The molecule has 1 amide bonds. The predicted molar refractivity (Wildman–Crippen MR) is 131 cm³/mol. The predicted octanol–water partition coefficient (Wildman–Crippen LogP) is 4.37. The van der Waals surface area contributed by atoms with Gasteiger partial charge in [-0.1, -0.05) is 65.8 Å². The number of hydrogen-bond donors (Lipinski definition) is 1. The zero-order chi connectivity index (χ0) is 23.2. The van der Waals surface area contributed by atoms with Gasteiger partial charge < -0.3 is 14.7 Å². The summed E-state index contributed by atoms with van der Waals surface area (Å²) in [6.45, 7) is 2.16. The van der Waals surface area contributed by atoms with Crippen molar-refractivity contribution in [1.29, 1.82) is 0 Å². The molecule has 1 aliphatic rings. The Morgan fingerprint density at radius 2 is 1.71 bits per heavy atom. The number of pyridine rings is 1. The van der Waals surface area contributed by atoms with E-state index in [4.69, 9.17) is 4.52 Å². The molecule has 4 aromatic rings. The molecule has 2 aromatic carbocycles. The molecule has 7 nitrogen and oxygen atoms in total. The van der Waals surface area contributed by atoms with Gasteiger partial charge in [-0.05, 0) is 37.0 Å². The Morgan fingerprint density at radius 3 is 2.47 bits per heavy atom. The summed E-state index contributed by atoms with van der Waals surface area (Å²) in [4.78, 5) is 24.1. The van der Waals surface area contributed by atoms with E-state index in [1.807, 2.05) is 60.7 Å². The van der Waals surface area contributed by atoms with E-state index in [2.05, 4.69) is 37.5 Å². The van der Waals surface area contributed by atoms with Crippen molar-refractivity contribution in [2.75, 3.05) is 24.5 Å². The summed E-state index contributed by atoms with van der Waals surface area (Å²) in [7, 11) is 0. The molecule has 0 aliphatic carbocycles. The van der Waals surface area contributed by atoms with Crippen LogP contribution in [-0.4, -0.2) is 40.7 Å². The quantitative estimate of drug-likeness (QED) is 0.447. The minimum absolute atomic E-state index is 0.0206.